The molecule has 1 aliphatic heterocycles. The van der Waals surface area contributed by atoms with Crippen LogP contribution in [0.5, 0.6) is 0 Å². The molecule has 0 spiro atoms. The maximum atomic E-state index is 5.81. The molecule has 6 heteroatoms. The van der Waals surface area contributed by atoms with Crippen molar-refractivity contribution in [2.45, 2.75) is 45.3 Å². The zero-order chi connectivity index (χ0) is 12.3. The van der Waals surface area contributed by atoms with Gasteiger partial charge in [0, 0.05) is 18.6 Å². The Morgan fingerprint density at radius 2 is 2.35 bits per heavy atom. The summed E-state index contributed by atoms with van der Waals surface area (Å²) in [6.45, 7) is 7.52. The van der Waals surface area contributed by atoms with Gasteiger partial charge >= 0.3 is 0 Å². The van der Waals surface area contributed by atoms with Crippen LogP contribution in [0.4, 0.5) is 0 Å². The van der Waals surface area contributed by atoms with Crippen LogP contribution in [0, 0.1) is 0 Å². The van der Waals surface area contributed by atoms with Gasteiger partial charge in [-0.05, 0) is 44.8 Å². The van der Waals surface area contributed by atoms with Crippen molar-refractivity contribution in [2.24, 2.45) is 0 Å². The van der Waals surface area contributed by atoms with Crippen LogP contribution in [0.3, 0.4) is 0 Å². The van der Waals surface area contributed by atoms with Crippen molar-refractivity contribution in [1.29, 1.82) is 0 Å². The number of hydrogen-bond acceptors (Lipinski definition) is 5. The molecule has 0 saturated carbocycles. The fourth-order valence-corrected chi connectivity index (χ4v) is 3.02. The van der Waals surface area contributed by atoms with Crippen LogP contribution in [0.1, 0.15) is 31.7 Å². The van der Waals surface area contributed by atoms with Crippen LogP contribution in [0.25, 0.3) is 0 Å². The lowest BCUT2D eigenvalue weighted by atomic mass is 10.2. The Morgan fingerprint density at radius 3 is 2.88 bits per heavy atom. The molecule has 2 heterocycles. The second-order valence-corrected chi connectivity index (χ2v) is 6.41. The van der Waals surface area contributed by atoms with E-state index in [0.717, 1.165) is 24.6 Å². The van der Waals surface area contributed by atoms with Gasteiger partial charge in [0.25, 0.3) is 0 Å². The van der Waals surface area contributed by atoms with Gasteiger partial charge in [0.2, 0.25) is 4.47 Å². The zero-order valence-corrected chi connectivity index (χ0v) is 11.9. The van der Waals surface area contributed by atoms with Gasteiger partial charge in [0.05, 0.1) is 6.54 Å². The Balaban J connectivity index is 1.92. The summed E-state index contributed by atoms with van der Waals surface area (Å²) in [4.78, 5) is 2.43. The van der Waals surface area contributed by atoms with E-state index in [1.54, 1.807) is 0 Å². The third kappa shape index (κ3) is 3.88. The average molecular weight is 275 g/mol. The first-order chi connectivity index (χ1) is 8.15. The molecule has 1 unspecified atom stereocenters. The molecule has 1 aromatic rings. The lowest BCUT2D eigenvalue weighted by Gasteiger charge is -2.28. The van der Waals surface area contributed by atoms with Gasteiger partial charge in [0.1, 0.15) is 5.01 Å². The van der Waals surface area contributed by atoms with E-state index >= 15 is 0 Å². The highest BCUT2D eigenvalue weighted by Crippen LogP contribution is 2.18. The minimum atomic E-state index is 0.514. The maximum absolute atomic E-state index is 5.81. The standard InChI is InChI=1S/C11H19ClN4S/c1-8(2)16(6-9-4-3-5-13-9)7-10-14-15-11(12)17-10/h8-9,13H,3-7H2,1-2H3. The quantitative estimate of drug-likeness (QED) is 0.893. The summed E-state index contributed by atoms with van der Waals surface area (Å²) in [7, 11) is 0. The second-order valence-electron chi connectivity index (χ2n) is 4.77. The van der Waals surface area contributed by atoms with Crippen molar-refractivity contribution in [1.82, 2.24) is 20.4 Å². The van der Waals surface area contributed by atoms with E-state index in [1.165, 1.54) is 24.2 Å². The largest absolute Gasteiger partial charge is 0.313 e. The van der Waals surface area contributed by atoms with Crippen LogP contribution < -0.4 is 5.32 Å². The monoisotopic (exact) mass is 274 g/mol. The molecule has 0 amide bonds. The fourth-order valence-electron chi connectivity index (χ4n) is 2.12. The van der Waals surface area contributed by atoms with Crippen molar-refractivity contribution in [2.75, 3.05) is 13.1 Å². The first-order valence-electron chi connectivity index (χ1n) is 6.10. The van der Waals surface area contributed by atoms with Crippen molar-refractivity contribution in [3.8, 4) is 0 Å². The van der Waals surface area contributed by atoms with Crippen LogP contribution in [-0.4, -0.2) is 40.3 Å². The molecule has 1 atom stereocenters. The molecule has 1 fully saturated rings. The van der Waals surface area contributed by atoms with Crippen LogP contribution in [0.15, 0.2) is 0 Å². The summed E-state index contributed by atoms with van der Waals surface area (Å²) >= 11 is 7.28. The Hall–Kier alpha value is -0.230. The molecule has 0 radical (unpaired) electrons. The molecule has 0 bridgehead atoms. The van der Waals surface area contributed by atoms with Gasteiger partial charge < -0.3 is 5.32 Å². The van der Waals surface area contributed by atoms with E-state index in [2.05, 4.69) is 34.3 Å². The smallest absolute Gasteiger partial charge is 0.207 e. The van der Waals surface area contributed by atoms with Gasteiger partial charge in [-0.15, -0.1) is 10.2 Å². The van der Waals surface area contributed by atoms with Gasteiger partial charge in [-0.1, -0.05) is 11.3 Å². The number of nitrogens with zero attached hydrogens (tertiary/aromatic N) is 3. The molecular formula is C11H19ClN4S. The molecule has 1 N–H and O–H groups in total. The number of aromatic nitrogens is 2. The van der Waals surface area contributed by atoms with Crippen LogP contribution >= 0.6 is 22.9 Å². The SMILES string of the molecule is CC(C)N(Cc1nnc(Cl)s1)CC1CCCN1. The highest BCUT2D eigenvalue weighted by Gasteiger charge is 2.20. The number of hydrogen-bond donors (Lipinski definition) is 1. The van der Waals surface area contributed by atoms with Crippen molar-refractivity contribution < 1.29 is 0 Å². The van der Waals surface area contributed by atoms with E-state index in [-0.39, 0.29) is 0 Å². The van der Waals surface area contributed by atoms with E-state index in [0.29, 0.717) is 16.6 Å². The van der Waals surface area contributed by atoms with Gasteiger partial charge in [0.15, 0.2) is 0 Å². The maximum Gasteiger partial charge on any atom is 0.207 e. The fraction of sp³-hybridized carbons (Fsp3) is 0.818. The summed E-state index contributed by atoms with van der Waals surface area (Å²) < 4.78 is 0.530. The van der Waals surface area contributed by atoms with Gasteiger partial charge in [-0.3, -0.25) is 4.90 Å². The molecule has 1 aliphatic rings. The summed E-state index contributed by atoms with van der Waals surface area (Å²) in [5, 5.41) is 12.5. The van der Waals surface area contributed by atoms with Crippen molar-refractivity contribution in [3.63, 3.8) is 0 Å². The molecule has 0 aromatic carbocycles. The Kier molecular flexibility index (Phi) is 4.73. The van der Waals surface area contributed by atoms with Crippen molar-refractivity contribution >= 4 is 22.9 Å². The Labute approximate surface area is 111 Å². The van der Waals surface area contributed by atoms with Crippen LogP contribution in [0.2, 0.25) is 4.47 Å². The first-order valence-corrected chi connectivity index (χ1v) is 7.30. The minimum absolute atomic E-state index is 0.514. The molecule has 4 nitrogen and oxygen atoms in total. The van der Waals surface area contributed by atoms with Crippen LogP contribution in [-0.2, 0) is 6.54 Å². The van der Waals surface area contributed by atoms with Gasteiger partial charge in [-0.25, -0.2) is 0 Å². The summed E-state index contributed by atoms with van der Waals surface area (Å²) in [5.41, 5.74) is 0. The summed E-state index contributed by atoms with van der Waals surface area (Å²) in [6.07, 6.45) is 2.57. The highest BCUT2D eigenvalue weighted by molar-refractivity contribution is 7.15. The molecule has 96 valence electrons. The lowest BCUT2D eigenvalue weighted by molar-refractivity contribution is 0.193. The lowest BCUT2D eigenvalue weighted by Crippen LogP contribution is -2.40. The predicted molar refractivity (Wildman–Crippen MR) is 71.5 cm³/mol. The summed E-state index contributed by atoms with van der Waals surface area (Å²) in [5.74, 6) is 0. The molecule has 2 rings (SSSR count). The minimum Gasteiger partial charge on any atom is -0.313 e. The third-order valence-electron chi connectivity index (χ3n) is 3.13. The molecule has 0 aliphatic carbocycles. The van der Waals surface area contributed by atoms with E-state index in [9.17, 15) is 0 Å². The molecule has 17 heavy (non-hydrogen) atoms. The third-order valence-corrected chi connectivity index (χ3v) is 4.13. The zero-order valence-electron chi connectivity index (χ0n) is 10.3. The number of rotatable bonds is 5. The van der Waals surface area contributed by atoms with E-state index < -0.39 is 0 Å². The number of halogens is 1. The second kappa shape index (κ2) is 6.09. The summed E-state index contributed by atoms with van der Waals surface area (Å²) in [6, 6.07) is 1.14. The Morgan fingerprint density at radius 1 is 1.53 bits per heavy atom. The Bertz CT molecular complexity index is 349. The van der Waals surface area contributed by atoms with E-state index in [1.807, 2.05) is 0 Å². The average Bonchev–Trinajstić information content (AvgIpc) is 2.89. The first kappa shape index (κ1) is 13.2. The topological polar surface area (TPSA) is 41.1 Å². The molecule has 1 aromatic heterocycles. The van der Waals surface area contributed by atoms with Crippen molar-refractivity contribution in [3.05, 3.63) is 9.47 Å². The normalized spacial score (nSPS) is 20.6. The van der Waals surface area contributed by atoms with E-state index in [4.69, 9.17) is 11.6 Å². The van der Waals surface area contributed by atoms with Gasteiger partial charge in [-0.2, -0.15) is 0 Å². The number of nitrogens with one attached hydrogen (secondary N) is 1. The molecule has 1 saturated heterocycles. The highest BCUT2D eigenvalue weighted by atomic mass is 35.5. The predicted octanol–water partition coefficient (Wildman–Crippen LogP) is 2.15. The molecular weight excluding hydrogens is 256 g/mol.